The summed E-state index contributed by atoms with van der Waals surface area (Å²) in [5.41, 5.74) is 3.84. The summed E-state index contributed by atoms with van der Waals surface area (Å²) in [6, 6.07) is 7.60. The molecule has 0 spiro atoms. The fourth-order valence-corrected chi connectivity index (χ4v) is 4.16. The highest BCUT2D eigenvalue weighted by atomic mass is 35.5. The molecule has 7 heteroatoms. The molecule has 156 valence electrons. The smallest absolute Gasteiger partial charge is 0.134 e. The number of phenolic OH excluding ortho intramolecular Hbond substituents is 1. The number of aromatic hydroxyl groups is 1. The third-order valence-corrected chi connectivity index (χ3v) is 5.92. The number of fused-ring (bicyclic) bond motifs is 1. The zero-order chi connectivity index (χ0) is 18.9. The fourth-order valence-electron chi connectivity index (χ4n) is 4.16. The normalized spacial score (nSPS) is 20.9. The Morgan fingerprint density at radius 2 is 2.14 bits per heavy atom. The molecule has 1 aliphatic carbocycles. The maximum absolute atomic E-state index is 10.7. The lowest BCUT2D eigenvalue weighted by molar-refractivity contribution is 0.128. The molecule has 0 radical (unpaired) electrons. The molecule has 1 saturated carbocycles. The van der Waals surface area contributed by atoms with E-state index in [4.69, 9.17) is 14.5 Å². The highest BCUT2D eigenvalue weighted by molar-refractivity contribution is 5.85. The third kappa shape index (κ3) is 4.29. The molecule has 0 bridgehead atoms. The quantitative estimate of drug-likeness (QED) is 0.681. The van der Waals surface area contributed by atoms with Crippen LogP contribution in [-0.4, -0.2) is 36.5 Å². The van der Waals surface area contributed by atoms with E-state index in [0.717, 1.165) is 43.0 Å². The monoisotopic (exact) mass is 417 g/mol. The van der Waals surface area contributed by atoms with Crippen molar-refractivity contribution < 1.29 is 14.6 Å². The summed E-state index contributed by atoms with van der Waals surface area (Å²) in [5, 5.41) is 17.4. The van der Waals surface area contributed by atoms with Crippen LogP contribution in [0.4, 0.5) is 5.82 Å². The van der Waals surface area contributed by atoms with Crippen molar-refractivity contribution in [3.63, 3.8) is 0 Å². The second-order valence-electron chi connectivity index (χ2n) is 8.04. The average Bonchev–Trinajstić information content (AvgIpc) is 3.57. The molecule has 0 amide bonds. The van der Waals surface area contributed by atoms with Crippen LogP contribution in [-0.2, 0) is 11.3 Å². The number of rotatable bonds is 5. The largest absolute Gasteiger partial charge is 0.507 e. The van der Waals surface area contributed by atoms with Crippen molar-refractivity contribution in [1.29, 1.82) is 0 Å². The number of hydrogen-bond donors (Lipinski definition) is 3. The van der Waals surface area contributed by atoms with Crippen molar-refractivity contribution in [2.75, 3.05) is 31.7 Å². The Hall–Kier alpha value is -2.02. The second kappa shape index (κ2) is 8.78. The summed E-state index contributed by atoms with van der Waals surface area (Å²) in [4.78, 5) is 4.85. The van der Waals surface area contributed by atoms with Gasteiger partial charge in [0, 0.05) is 12.1 Å². The van der Waals surface area contributed by atoms with Gasteiger partial charge < -0.3 is 25.2 Å². The van der Waals surface area contributed by atoms with Crippen LogP contribution in [0.2, 0.25) is 0 Å². The van der Waals surface area contributed by atoms with E-state index in [1.165, 1.54) is 18.4 Å². The first-order chi connectivity index (χ1) is 13.8. The molecule has 1 aromatic heterocycles. The summed E-state index contributed by atoms with van der Waals surface area (Å²) < 4.78 is 11.7. The predicted molar refractivity (Wildman–Crippen MR) is 115 cm³/mol. The van der Waals surface area contributed by atoms with Gasteiger partial charge >= 0.3 is 0 Å². The number of pyridine rings is 1. The Labute approximate surface area is 177 Å². The average molecular weight is 418 g/mol. The predicted octanol–water partition coefficient (Wildman–Crippen LogP) is 4.03. The van der Waals surface area contributed by atoms with Crippen LogP contribution in [0.15, 0.2) is 24.3 Å². The summed E-state index contributed by atoms with van der Waals surface area (Å²) in [6.07, 6.45) is 4.77. The molecular weight excluding hydrogens is 390 g/mol. The van der Waals surface area contributed by atoms with Crippen molar-refractivity contribution in [3.8, 4) is 22.8 Å². The molecule has 1 unspecified atom stereocenters. The maximum atomic E-state index is 10.7. The minimum atomic E-state index is 0. The molecular formula is C22H28ClN3O3. The van der Waals surface area contributed by atoms with Crippen molar-refractivity contribution >= 4 is 18.2 Å². The van der Waals surface area contributed by atoms with Gasteiger partial charge in [-0.2, -0.15) is 0 Å². The molecule has 3 heterocycles. The minimum Gasteiger partial charge on any atom is -0.507 e. The SMILES string of the molecule is Cl.Oc1cccc(OCC2CC2)c1-c1cc(C2CCCNC2)c2c(n1)NCOC2. The van der Waals surface area contributed by atoms with Crippen LogP contribution in [0.1, 0.15) is 42.7 Å². The van der Waals surface area contributed by atoms with E-state index >= 15 is 0 Å². The lowest BCUT2D eigenvalue weighted by atomic mass is 9.87. The lowest BCUT2D eigenvalue weighted by Crippen LogP contribution is -2.30. The van der Waals surface area contributed by atoms with Gasteiger partial charge in [0.1, 0.15) is 24.0 Å². The van der Waals surface area contributed by atoms with Crippen molar-refractivity contribution in [3.05, 3.63) is 35.4 Å². The summed E-state index contributed by atoms with van der Waals surface area (Å²) >= 11 is 0. The number of ether oxygens (including phenoxy) is 2. The first kappa shape index (κ1) is 20.3. The fraction of sp³-hybridized carbons (Fsp3) is 0.500. The van der Waals surface area contributed by atoms with Gasteiger partial charge in [-0.05, 0) is 67.8 Å². The van der Waals surface area contributed by atoms with Crippen molar-refractivity contribution in [1.82, 2.24) is 10.3 Å². The van der Waals surface area contributed by atoms with Crippen molar-refractivity contribution in [2.45, 2.75) is 38.2 Å². The number of halogens is 1. The van der Waals surface area contributed by atoms with Gasteiger partial charge in [0.2, 0.25) is 0 Å². The van der Waals surface area contributed by atoms with Gasteiger partial charge in [-0.1, -0.05) is 6.07 Å². The molecule has 1 aromatic carbocycles. The number of nitrogens with zero attached hydrogens (tertiary/aromatic N) is 1. The molecule has 29 heavy (non-hydrogen) atoms. The number of piperidine rings is 1. The Morgan fingerprint density at radius 1 is 1.24 bits per heavy atom. The maximum Gasteiger partial charge on any atom is 0.134 e. The summed E-state index contributed by atoms with van der Waals surface area (Å²) in [6.45, 7) is 3.77. The minimum absolute atomic E-state index is 0. The van der Waals surface area contributed by atoms with Gasteiger partial charge in [0.05, 0.1) is 24.5 Å². The van der Waals surface area contributed by atoms with Crippen LogP contribution in [0.3, 0.4) is 0 Å². The lowest BCUT2D eigenvalue weighted by Gasteiger charge is -2.29. The zero-order valence-electron chi connectivity index (χ0n) is 16.4. The highest BCUT2D eigenvalue weighted by Crippen LogP contribution is 2.42. The molecule has 5 rings (SSSR count). The van der Waals surface area contributed by atoms with E-state index in [1.807, 2.05) is 12.1 Å². The topological polar surface area (TPSA) is 75.6 Å². The molecule has 2 aliphatic heterocycles. The van der Waals surface area contributed by atoms with E-state index in [0.29, 0.717) is 43.1 Å². The Kier molecular flexibility index (Phi) is 6.13. The molecule has 1 atom stereocenters. The van der Waals surface area contributed by atoms with E-state index in [9.17, 15) is 5.11 Å². The highest BCUT2D eigenvalue weighted by Gasteiger charge is 2.27. The first-order valence-electron chi connectivity index (χ1n) is 10.3. The molecule has 2 aromatic rings. The Balaban J connectivity index is 0.00000205. The van der Waals surface area contributed by atoms with E-state index in [-0.39, 0.29) is 18.2 Å². The van der Waals surface area contributed by atoms with Gasteiger partial charge in [0.15, 0.2) is 0 Å². The number of phenols is 1. The van der Waals surface area contributed by atoms with Crippen LogP contribution in [0.5, 0.6) is 11.5 Å². The van der Waals surface area contributed by atoms with Crippen LogP contribution in [0.25, 0.3) is 11.3 Å². The molecule has 6 nitrogen and oxygen atoms in total. The zero-order valence-corrected chi connectivity index (χ0v) is 17.3. The van der Waals surface area contributed by atoms with Gasteiger partial charge in [-0.25, -0.2) is 4.98 Å². The number of nitrogens with one attached hydrogen (secondary N) is 2. The Bertz CT molecular complexity index is 867. The van der Waals surface area contributed by atoms with Gasteiger partial charge in [-0.15, -0.1) is 12.4 Å². The molecule has 2 fully saturated rings. The Morgan fingerprint density at radius 3 is 2.93 bits per heavy atom. The number of anilines is 1. The number of hydrogen-bond acceptors (Lipinski definition) is 6. The van der Waals surface area contributed by atoms with Crippen LogP contribution in [0, 0.1) is 5.92 Å². The summed E-state index contributed by atoms with van der Waals surface area (Å²) in [7, 11) is 0. The van der Waals surface area contributed by atoms with Crippen LogP contribution >= 0.6 is 12.4 Å². The standard InChI is InChI=1S/C22H27N3O3.ClH/c26-19-4-1-5-20(28-11-14-6-7-14)21(19)18-9-16(15-3-2-8-23-10-15)17-12-27-13-24-22(17)25-18;/h1,4-5,9,14-15,23,26H,2-3,6-8,10-13H2,(H,24,25);1H. The van der Waals surface area contributed by atoms with E-state index in [2.05, 4.69) is 16.7 Å². The van der Waals surface area contributed by atoms with Crippen molar-refractivity contribution in [2.24, 2.45) is 5.92 Å². The third-order valence-electron chi connectivity index (χ3n) is 5.92. The van der Waals surface area contributed by atoms with Crippen LogP contribution < -0.4 is 15.4 Å². The number of aromatic nitrogens is 1. The molecule has 1 saturated heterocycles. The van der Waals surface area contributed by atoms with Gasteiger partial charge in [-0.3, -0.25) is 0 Å². The first-order valence-corrected chi connectivity index (χ1v) is 10.3. The number of benzene rings is 1. The summed E-state index contributed by atoms with van der Waals surface area (Å²) in [5.74, 6) is 2.85. The molecule has 3 aliphatic rings. The van der Waals surface area contributed by atoms with E-state index < -0.39 is 0 Å². The van der Waals surface area contributed by atoms with Gasteiger partial charge in [0.25, 0.3) is 0 Å². The second-order valence-corrected chi connectivity index (χ2v) is 8.04. The van der Waals surface area contributed by atoms with E-state index in [1.54, 1.807) is 6.07 Å². The molecule has 3 N–H and O–H groups in total.